The van der Waals surface area contributed by atoms with E-state index in [4.69, 9.17) is 5.73 Å². The third-order valence-corrected chi connectivity index (χ3v) is 3.30. The van der Waals surface area contributed by atoms with Crippen molar-refractivity contribution in [1.82, 2.24) is 4.98 Å². The molecule has 2 heterocycles. The summed E-state index contributed by atoms with van der Waals surface area (Å²) in [6.45, 7) is 3.38. The van der Waals surface area contributed by atoms with Crippen molar-refractivity contribution in [3.8, 4) is 0 Å². The van der Waals surface area contributed by atoms with Gasteiger partial charge in [0.1, 0.15) is 11.6 Å². The van der Waals surface area contributed by atoms with Gasteiger partial charge in [0.2, 0.25) is 0 Å². The Morgan fingerprint density at radius 2 is 2.31 bits per heavy atom. The van der Waals surface area contributed by atoms with Gasteiger partial charge >= 0.3 is 0 Å². The van der Waals surface area contributed by atoms with Crippen molar-refractivity contribution in [2.24, 2.45) is 0 Å². The molecular weight excluding hydrogens is 198 g/mol. The highest BCUT2D eigenvalue weighted by Gasteiger charge is 2.22. The number of piperidine rings is 1. The monoisotopic (exact) mass is 219 g/mol. The number of aromatic nitrogens is 1. The Hall–Kier alpha value is -1.25. The van der Waals surface area contributed by atoms with Crippen LogP contribution in [-0.4, -0.2) is 17.6 Å². The summed E-state index contributed by atoms with van der Waals surface area (Å²) in [4.78, 5) is 6.87. The predicted octanol–water partition coefficient (Wildman–Crippen LogP) is 2.82. The van der Waals surface area contributed by atoms with E-state index in [0.29, 0.717) is 11.9 Å². The average Bonchev–Trinajstić information content (AvgIpc) is 2.30. The zero-order chi connectivity index (χ0) is 11.4. The van der Waals surface area contributed by atoms with Gasteiger partial charge in [0.15, 0.2) is 0 Å². The van der Waals surface area contributed by atoms with Crippen LogP contribution in [0, 0.1) is 0 Å². The van der Waals surface area contributed by atoms with Gasteiger partial charge < -0.3 is 10.6 Å². The minimum Gasteiger partial charge on any atom is -0.384 e. The maximum absolute atomic E-state index is 5.75. The lowest BCUT2D eigenvalue weighted by Gasteiger charge is -2.36. The Morgan fingerprint density at radius 3 is 3.06 bits per heavy atom. The van der Waals surface area contributed by atoms with Crippen LogP contribution in [0.5, 0.6) is 0 Å². The van der Waals surface area contributed by atoms with E-state index >= 15 is 0 Å². The first-order valence-corrected chi connectivity index (χ1v) is 6.30. The maximum Gasteiger partial charge on any atom is 0.131 e. The minimum atomic E-state index is 0.623. The summed E-state index contributed by atoms with van der Waals surface area (Å²) in [5.41, 5.74) is 5.75. The first-order chi connectivity index (χ1) is 7.81. The first-order valence-electron chi connectivity index (χ1n) is 6.30. The quantitative estimate of drug-likeness (QED) is 0.850. The molecule has 0 amide bonds. The summed E-state index contributed by atoms with van der Waals surface area (Å²) in [5.74, 6) is 1.68. The molecule has 0 saturated carbocycles. The summed E-state index contributed by atoms with van der Waals surface area (Å²) in [7, 11) is 0. The van der Waals surface area contributed by atoms with Crippen molar-refractivity contribution in [2.45, 2.75) is 45.1 Å². The van der Waals surface area contributed by atoms with Crippen molar-refractivity contribution in [2.75, 3.05) is 17.2 Å². The van der Waals surface area contributed by atoms with Crippen molar-refractivity contribution in [3.63, 3.8) is 0 Å². The van der Waals surface area contributed by atoms with E-state index in [0.717, 1.165) is 12.4 Å². The van der Waals surface area contributed by atoms with Gasteiger partial charge in [-0.15, -0.1) is 0 Å². The molecule has 1 aromatic heterocycles. The van der Waals surface area contributed by atoms with Gasteiger partial charge in [-0.3, -0.25) is 0 Å². The maximum atomic E-state index is 5.75. The van der Waals surface area contributed by atoms with Gasteiger partial charge in [0.25, 0.3) is 0 Å². The van der Waals surface area contributed by atoms with E-state index in [1.807, 2.05) is 12.1 Å². The third-order valence-electron chi connectivity index (χ3n) is 3.30. The molecule has 88 valence electrons. The van der Waals surface area contributed by atoms with E-state index in [1.165, 1.54) is 32.1 Å². The molecule has 16 heavy (non-hydrogen) atoms. The zero-order valence-electron chi connectivity index (χ0n) is 10.0. The Kier molecular flexibility index (Phi) is 3.65. The van der Waals surface area contributed by atoms with Gasteiger partial charge in [-0.25, -0.2) is 4.98 Å². The highest BCUT2D eigenvalue weighted by molar-refractivity contribution is 5.46. The molecule has 3 nitrogen and oxygen atoms in total. The van der Waals surface area contributed by atoms with Crippen LogP contribution in [0.4, 0.5) is 11.6 Å². The van der Waals surface area contributed by atoms with E-state index in [1.54, 1.807) is 0 Å². The standard InChI is InChI=1S/C13H21N3/c1-2-6-11-7-3-4-10-16(11)13-9-5-8-12(14)15-13/h5,8-9,11H,2-4,6-7,10H2,1H3,(H2,14,15). The SMILES string of the molecule is CCCC1CCCCN1c1cccc(N)n1. The molecule has 2 rings (SSSR count). The van der Waals surface area contributed by atoms with Crippen LogP contribution in [0.1, 0.15) is 39.0 Å². The number of hydrogen-bond donors (Lipinski definition) is 1. The van der Waals surface area contributed by atoms with E-state index in [-0.39, 0.29) is 0 Å². The van der Waals surface area contributed by atoms with Crippen LogP contribution >= 0.6 is 0 Å². The van der Waals surface area contributed by atoms with Crippen LogP contribution in [0.3, 0.4) is 0 Å². The lowest BCUT2D eigenvalue weighted by atomic mass is 9.98. The Balaban J connectivity index is 2.16. The molecule has 1 fully saturated rings. The lowest BCUT2D eigenvalue weighted by molar-refractivity contribution is 0.432. The largest absolute Gasteiger partial charge is 0.384 e. The lowest BCUT2D eigenvalue weighted by Crippen LogP contribution is -2.40. The molecule has 0 aliphatic carbocycles. The van der Waals surface area contributed by atoms with Crippen molar-refractivity contribution < 1.29 is 0 Å². The molecule has 0 bridgehead atoms. The molecule has 0 radical (unpaired) electrons. The Morgan fingerprint density at radius 1 is 1.44 bits per heavy atom. The van der Waals surface area contributed by atoms with Crippen LogP contribution < -0.4 is 10.6 Å². The van der Waals surface area contributed by atoms with Crippen LogP contribution in [0.2, 0.25) is 0 Å². The van der Waals surface area contributed by atoms with Gasteiger partial charge in [-0.1, -0.05) is 19.4 Å². The molecule has 1 saturated heterocycles. The van der Waals surface area contributed by atoms with Crippen molar-refractivity contribution in [1.29, 1.82) is 0 Å². The molecule has 1 aliphatic heterocycles. The van der Waals surface area contributed by atoms with Crippen LogP contribution in [0.15, 0.2) is 18.2 Å². The third kappa shape index (κ3) is 2.46. The molecular formula is C13H21N3. The number of anilines is 2. The molecule has 1 aliphatic rings. The number of nitrogens with two attached hydrogens (primary N) is 1. The second kappa shape index (κ2) is 5.19. The highest BCUT2D eigenvalue weighted by atomic mass is 15.2. The molecule has 3 heteroatoms. The fourth-order valence-electron chi connectivity index (χ4n) is 2.54. The molecule has 1 atom stereocenters. The molecule has 1 unspecified atom stereocenters. The normalized spacial score (nSPS) is 21.1. The average molecular weight is 219 g/mol. The minimum absolute atomic E-state index is 0.623. The van der Waals surface area contributed by atoms with Crippen LogP contribution in [0.25, 0.3) is 0 Å². The van der Waals surface area contributed by atoms with Crippen molar-refractivity contribution >= 4 is 11.6 Å². The summed E-state index contributed by atoms with van der Waals surface area (Å²) in [6, 6.07) is 6.58. The molecule has 0 aromatic carbocycles. The smallest absolute Gasteiger partial charge is 0.131 e. The molecule has 1 aromatic rings. The number of nitrogens with zero attached hydrogens (tertiary/aromatic N) is 2. The number of hydrogen-bond acceptors (Lipinski definition) is 3. The summed E-state index contributed by atoms with van der Waals surface area (Å²) >= 11 is 0. The summed E-state index contributed by atoms with van der Waals surface area (Å²) in [5, 5.41) is 0. The summed E-state index contributed by atoms with van der Waals surface area (Å²) < 4.78 is 0. The number of pyridine rings is 1. The predicted molar refractivity (Wildman–Crippen MR) is 68.5 cm³/mol. The van der Waals surface area contributed by atoms with Gasteiger partial charge in [0.05, 0.1) is 0 Å². The van der Waals surface area contributed by atoms with Gasteiger partial charge in [-0.05, 0) is 37.8 Å². The van der Waals surface area contributed by atoms with E-state index in [2.05, 4.69) is 22.9 Å². The van der Waals surface area contributed by atoms with Gasteiger partial charge in [0, 0.05) is 12.6 Å². The van der Waals surface area contributed by atoms with Crippen molar-refractivity contribution in [3.05, 3.63) is 18.2 Å². The fourth-order valence-corrected chi connectivity index (χ4v) is 2.54. The first kappa shape index (κ1) is 11.2. The molecule has 2 N–H and O–H groups in total. The van der Waals surface area contributed by atoms with Crippen LogP contribution in [-0.2, 0) is 0 Å². The van der Waals surface area contributed by atoms with E-state index < -0.39 is 0 Å². The van der Waals surface area contributed by atoms with E-state index in [9.17, 15) is 0 Å². The highest BCUT2D eigenvalue weighted by Crippen LogP contribution is 2.26. The molecule has 0 spiro atoms. The second-order valence-corrected chi connectivity index (χ2v) is 4.55. The van der Waals surface area contributed by atoms with Gasteiger partial charge in [-0.2, -0.15) is 0 Å². The Labute approximate surface area is 97.7 Å². The number of rotatable bonds is 3. The zero-order valence-corrected chi connectivity index (χ0v) is 10.0. The number of nitrogen functional groups attached to an aromatic ring is 1. The second-order valence-electron chi connectivity index (χ2n) is 4.55. The Bertz CT molecular complexity index is 336. The summed E-state index contributed by atoms with van der Waals surface area (Å²) in [6.07, 6.45) is 6.42. The fraction of sp³-hybridized carbons (Fsp3) is 0.615. The topological polar surface area (TPSA) is 42.1 Å².